The Morgan fingerprint density at radius 1 is 0.897 bits per heavy atom. The third-order valence-electron chi connectivity index (χ3n) is 4.91. The molecule has 0 spiro atoms. The Balaban J connectivity index is 0.000000191. The van der Waals surface area contributed by atoms with E-state index in [1.165, 1.54) is 0 Å². The van der Waals surface area contributed by atoms with E-state index in [0.717, 1.165) is 47.0 Å². The highest BCUT2D eigenvalue weighted by molar-refractivity contribution is 9.93. The summed E-state index contributed by atoms with van der Waals surface area (Å²) in [6.45, 7) is 7.25. The van der Waals surface area contributed by atoms with E-state index in [0.29, 0.717) is 17.2 Å². The third kappa shape index (κ3) is 5.92. The van der Waals surface area contributed by atoms with Crippen LogP contribution >= 0.6 is 44.2 Å². The van der Waals surface area contributed by atoms with Crippen LogP contribution in [0.15, 0.2) is 36.4 Å². The van der Waals surface area contributed by atoms with Crippen molar-refractivity contribution in [2.45, 2.75) is 32.6 Å². The molecule has 0 aromatic heterocycles. The van der Waals surface area contributed by atoms with Gasteiger partial charge in [0.05, 0.1) is 18.5 Å². The number of benzene rings is 2. The zero-order chi connectivity index (χ0) is 21.6. The van der Waals surface area contributed by atoms with Gasteiger partial charge in [-0.05, 0) is 43.3 Å². The molecule has 2 aromatic rings. The number of alkyl halides is 1. The Morgan fingerprint density at radius 2 is 1.34 bits per heavy atom. The van der Waals surface area contributed by atoms with E-state index in [4.69, 9.17) is 9.47 Å². The van der Waals surface area contributed by atoms with Crippen molar-refractivity contribution in [2.75, 3.05) is 18.5 Å². The topological polar surface area (TPSA) is 52.6 Å². The van der Waals surface area contributed by atoms with Crippen LogP contribution in [0.1, 0.15) is 64.4 Å². The highest BCUT2D eigenvalue weighted by atomic mass is 80.9. The van der Waals surface area contributed by atoms with Crippen LogP contribution in [0.4, 0.5) is 0 Å². The number of hydrogen-bond acceptors (Lipinski definition) is 4. The average Bonchev–Trinajstić information content (AvgIpc) is 3.31. The number of carbonyl (C=O) groups is 2. The standard InChI is InChI=1S/C11H11BrO2.C11H12O2.Br2/c1-7-6-14-11-3-2-8(4-9(7)11)10(13)5-12;1-7-6-13-11-4-3-9(8(2)12)5-10(7)11;1-2/h2-4,7H,5-6H2,1H3;3-5,7H,6H2,1-2H3;. The smallest absolute Gasteiger partial charge is 0.173 e. The molecule has 0 aliphatic carbocycles. The van der Waals surface area contributed by atoms with Crippen LogP contribution in [0.25, 0.3) is 0 Å². The fourth-order valence-electron chi connectivity index (χ4n) is 3.21. The van der Waals surface area contributed by atoms with E-state index in [9.17, 15) is 9.59 Å². The van der Waals surface area contributed by atoms with Gasteiger partial charge in [-0.25, -0.2) is 0 Å². The molecule has 4 rings (SSSR count). The van der Waals surface area contributed by atoms with Crippen LogP contribution in [0.3, 0.4) is 0 Å². The van der Waals surface area contributed by atoms with Gasteiger partial charge in [0.1, 0.15) is 11.5 Å². The van der Waals surface area contributed by atoms with Gasteiger partial charge >= 0.3 is 0 Å². The van der Waals surface area contributed by atoms with Crippen molar-refractivity contribution in [3.63, 3.8) is 0 Å². The van der Waals surface area contributed by atoms with E-state index >= 15 is 0 Å². The number of Topliss-reactive ketones (excluding diaryl/α,β-unsaturated/α-hetero) is 2. The summed E-state index contributed by atoms with van der Waals surface area (Å²) in [6.07, 6.45) is 0. The summed E-state index contributed by atoms with van der Waals surface area (Å²) in [7, 11) is 0. The van der Waals surface area contributed by atoms with Crippen molar-refractivity contribution in [3.8, 4) is 11.5 Å². The summed E-state index contributed by atoms with van der Waals surface area (Å²) >= 11 is 8.67. The molecule has 0 fully saturated rings. The number of halogens is 3. The third-order valence-corrected chi connectivity index (χ3v) is 5.42. The van der Waals surface area contributed by atoms with E-state index < -0.39 is 0 Å². The van der Waals surface area contributed by atoms with Crippen molar-refractivity contribution < 1.29 is 19.1 Å². The molecule has 0 amide bonds. The number of hydrogen-bond donors (Lipinski definition) is 0. The Hall–Kier alpha value is -1.18. The van der Waals surface area contributed by atoms with Crippen LogP contribution in [-0.2, 0) is 0 Å². The molecule has 2 unspecified atom stereocenters. The van der Waals surface area contributed by atoms with Gasteiger partial charge in [0.25, 0.3) is 0 Å². The monoisotopic (exact) mass is 588 g/mol. The SMILES string of the molecule is BrBr.CC(=O)c1ccc2c(c1)C(C)CO2.CC1COc2ccc(C(=O)CBr)cc21. The molecule has 7 heteroatoms. The highest BCUT2D eigenvalue weighted by Crippen LogP contribution is 2.35. The molecule has 156 valence electrons. The Labute approximate surface area is 195 Å². The average molecular weight is 591 g/mol. The quantitative estimate of drug-likeness (QED) is 0.290. The van der Waals surface area contributed by atoms with E-state index in [-0.39, 0.29) is 11.6 Å². The first-order chi connectivity index (χ1) is 13.9. The molecule has 2 atom stereocenters. The summed E-state index contributed by atoms with van der Waals surface area (Å²) in [6, 6.07) is 11.3. The number of ether oxygens (including phenoxy) is 2. The first-order valence-corrected chi connectivity index (χ1v) is 14.0. The minimum Gasteiger partial charge on any atom is -0.493 e. The van der Waals surface area contributed by atoms with Gasteiger partial charge in [-0.3, -0.25) is 9.59 Å². The summed E-state index contributed by atoms with van der Waals surface area (Å²) in [4.78, 5) is 22.5. The van der Waals surface area contributed by atoms with Crippen LogP contribution < -0.4 is 9.47 Å². The first-order valence-electron chi connectivity index (χ1n) is 9.18. The number of fused-ring (bicyclic) bond motifs is 2. The molecule has 2 heterocycles. The van der Waals surface area contributed by atoms with Gasteiger partial charge in [0.15, 0.2) is 11.6 Å². The van der Waals surface area contributed by atoms with Gasteiger partial charge in [-0.15, -0.1) is 0 Å². The van der Waals surface area contributed by atoms with E-state index in [1.807, 2.05) is 36.4 Å². The molecule has 0 bridgehead atoms. The Kier molecular flexibility index (Phi) is 9.37. The molecule has 2 aliphatic heterocycles. The second-order valence-electron chi connectivity index (χ2n) is 7.04. The zero-order valence-corrected chi connectivity index (χ0v) is 21.3. The molecule has 2 aromatic carbocycles. The molecule has 0 saturated heterocycles. The van der Waals surface area contributed by atoms with Gasteiger partial charge in [0.2, 0.25) is 0 Å². The van der Waals surface area contributed by atoms with E-state index in [2.05, 4.69) is 58.0 Å². The fourth-order valence-corrected chi connectivity index (χ4v) is 3.53. The summed E-state index contributed by atoms with van der Waals surface area (Å²) in [5.41, 5.74) is 3.85. The molecule has 4 nitrogen and oxygen atoms in total. The predicted octanol–water partition coefficient (Wildman–Crippen LogP) is 6.84. The fraction of sp³-hybridized carbons (Fsp3) is 0.364. The molecule has 0 radical (unpaired) electrons. The molecule has 29 heavy (non-hydrogen) atoms. The van der Waals surface area contributed by atoms with Crippen molar-refractivity contribution in [2.24, 2.45) is 0 Å². The summed E-state index contributed by atoms with van der Waals surface area (Å²) < 4.78 is 10.9. The predicted molar refractivity (Wildman–Crippen MR) is 127 cm³/mol. The molecular weight excluding hydrogens is 568 g/mol. The van der Waals surface area contributed by atoms with Crippen molar-refractivity contribution >= 4 is 55.8 Å². The maximum Gasteiger partial charge on any atom is 0.173 e. The normalized spacial score (nSPS) is 18.0. The molecular formula is C22H23Br3O4. The van der Waals surface area contributed by atoms with Crippen LogP contribution in [-0.4, -0.2) is 30.1 Å². The minimum atomic E-state index is 0.113. The Morgan fingerprint density at radius 3 is 1.79 bits per heavy atom. The molecule has 0 N–H and O–H groups in total. The molecule has 2 aliphatic rings. The van der Waals surface area contributed by atoms with E-state index in [1.54, 1.807) is 6.92 Å². The summed E-state index contributed by atoms with van der Waals surface area (Å²) in [5, 5.41) is 0.376. The largest absolute Gasteiger partial charge is 0.493 e. The van der Waals surface area contributed by atoms with Crippen LogP contribution in [0.5, 0.6) is 11.5 Å². The lowest BCUT2D eigenvalue weighted by Gasteiger charge is -2.03. The van der Waals surface area contributed by atoms with Gasteiger partial charge in [-0.1, -0.05) is 29.8 Å². The summed E-state index contributed by atoms with van der Waals surface area (Å²) in [5.74, 6) is 2.89. The Bertz CT molecular complexity index is 882. The minimum absolute atomic E-state index is 0.113. The van der Waals surface area contributed by atoms with Crippen LogP contribution in [0, 0.1) is 0 Å². The zero-order valence-electron chi connectivity index (χ0n) is 16.5. The van der Waals surface area contributed by atoms with Crippen molar-refractivity contribution in [3.05, 3.63) is 58.7 Å². The molecule has 0 saturated carbocycles. The number of ketones is 2. The second kappa shape index (κ2) is 11.3. The maximum atomic E-state index is 11.4. The van der Waals surface area contributed by atoms with Gasteiger partial charge < -0.3 is 9.47 Å². The maximum absolute atomic E-state index is 11.4. The first kappa shape index (κ1) is 24.1. The lowest BCUT2D eigenvalue weighted by Crippen LogP contribution is -2.00. The number of carbonyl (C=O) groups excluding carboxylic acids is 2. The van der Waals surface area contributed by atoms with Gasteiger partial charge in [0, 0.05) is 62.3 Å². The lowest BCUT2D eigenvalue weighted by molar-refractivity contribution is 0.101. The number of rotatable bonds is 3. The van der Waals surface area contributed by atoms with Crippen LogP contribution in [0.2, 0.25) is 0 Å². The highest BCUT2D eigenvalue weighted by Gasteiger charge is 2.21. The lowest BCUT2D eigenvalue weighted by atomic mass is 10.00. The van der Waals surface area contributed by atoms with Crippen molar-refractivity contribution in [1.29, 1.82) is 0 Å². The second-order valence-corrected chi connectivity index (χ2v) is 7.60. The van der Waals surface area contributed by atoms with Gasteiger partial charge in [-0.2, -0.15) is 0 Å². The van der Waals surface area contributed by atoms with Crippen molar-refractivity contribution in [1.82, 2.24) is 0 Å².